The quantitative estimate of drug-likeness (QED) is 0.858. The van der Waals surface area contributed by atoms with Crippen LogP contribution in [0.4, 0.5) is 5.69 Å². The number of thioether (sulfide) groups is 1. The van der Waals surface area contributed by atoms with Gasteiger partial charge in [0.05, 0.1) is 10.0 Å². The van der Waals surface area contributed by atoms with Crippen molar-refractivity contribution in [1.29, 1.82) is 0 Å². The van der Waals surface area contributed by atoms with Gasteiger partial charge in [-0.1, -0.05) is 35.0 Å². The largest absolute Gasteiger partial charge is 0.351 e. The summed E-state index contributed by atoms with van der Waals surface area (Å²) in [6.07, 6.45) is 3.55. The van der Waals surface area contributed by atoms with Gasteiger partial charge in [0.15, 0.2) is 5.17 Å². The fourth-order valence-electron chi connectivity index (χ4n) is 2.68. The molecule has 0 aliphatic carbocycles. The number of benzene rings is 1. The fourth-order valence-corrected chi connectivity index (χ4v) is 4.10. The highest BCUT2D eigenvalue weighted by Gasteiger charge is 2.33. The number of hydrogen-bond donors (Lipinski definition) is 1. The van der Waals surface area contributed by atoms with Crippen LogP contribution < -0.4 is 5.32 Å². The number of piperidine rings is 1. The number of carbonyl (C=O) groups is 2. The van der Waals surface area contributed by atoms with Gasteiger partial charge in [0.1, 0.15) is 5.25 Å². The number of nitrogens with zero attached hydrogens (tertiary/aromatic N) is 2. The van der Waals surface area contributed by atoms with Gasteiger partial charge in [0.25, 0.3) is 5.91 Å². The number of hydrogen-bond acceptors (Lipinski definition) is 4. The minimum atomic E-state index is -0.454. The summed E-state index contributed by atoms with van der Waals surface area (Å²) in [6.45, 7) is 1.86. The Morgan fingerprint density at radius 2 is 2.00 bits per heavy atom. The Morgan fingerprint density at radius 1 is 1.25 bits per heavy atom. The zero-order valence-electron chi connectivity index (χ0n) is 12.9. The lowest BCUT2D eigenvalue weighted by molar-refractivity contribution is -0.121. The van der Waals surface area contributed by atoms with Crippen molar-refractivity contribution < 1.29 is 9.59 Å². The molecule has 1 aromatic carbocycles. The van der Waals surface area contributed by atoms with E-state index < -0.39 is 5.25 Å². The Labute approximate surface area is 154 Å². The molecular weight excluding hydrogens is 369 g/mol. The number of carbonyl (C=O) groups excluding carboxylic acids is 2. The molecule has 0 bridgehead atoms. The molecule has 1 saturated heterocycles. The van der Waals surface area contributed by atoms with Crippen molar-refractivity contribution in [3.05, 3.63) is 28.2 Å². The Bertz CT molecular complexity index is 690. The van der Waals surface area contributed by atoms with Crippen LogP contribution in [0, 0.1) is 0 Å². The SMILES string of the molecule is O=C(CC1SC(N2CCCCC2)=NC1=O)Nc1ccc(Cl)c(Cl)c1. The first-order chi connectivity index (χ1) is 11.5. The molecule has 0 spiro atoms. The van der Waals surface area contributed by atoms with Crippen LogP contribution >= 0.6 is 35.0 Å². The smallest absolute Gasteiger partial charge is 0.262 e. The van der Waals surface area contributed by atoms with Gasteiger partial charge < -0.3 is 10.2 Å². The van der Waals surface area contributed by atoms with E-state index in [1.165, 1.54) is 18.2 Å². The van der Waals surface area contributed by atoms with Crippen molar-refractivity contribution in [3.63, 3.8) is 0 Å². The first-order valence-corrected chi connectivity index (χ1v) is 9.45. The van der Waals surface area contributed by atoms with Crippen LogP contribution in [0.1, 0.15) is 25.7 Å². The molecule has 1 unspecified atom stereocenters. The number of rotatable bonds is 3. The first-order valence-electron chi connectivity index (χ1n) is 7.82. The lowest BCUT2D eigenvalue weighted by atomic mass is 10.1. The van der Waals surface area contributed by atoms with E-state index in [2.05, 4.69) is 15.2 Å². The highest BCUT2D eigenvalue weighted by molar-refractivity contribution is 8.15. The average Bonchev–Trinajstić information content (AvgIpc) is 2.93. The molecular formula is C16H17Cl2N3O2S. The van der Waals surface area contributed by atoms with Crippen molar-refractivity contribution in [2.45, 2.75) is 30.9 Å². The van der Waals surface area contributed by atoms with Crippen LogP contribution in [-0.2, 0) is 9.59 Å². The number of anilines is 1. The minimum absolute atomic E-state index is 0.0879. The third-order valence-electron chi connectivity index (χ3n) is 3.93. The second-order valence-electron chi connectivity index (χ2n) is 5.77. The van der Waals surface area contributed by atoms with E-state index in [4.69, 9.17) is 23.2 Å². The summed E-state index contributed by atoms with van der Waals surface area (Å²) in [5.74, 6) is -0.473. The maximum atomic E-state index is 12.2. The van der Waals surface area contributed by atoms with Crippen molar-refractivity contribution in [3.8, 4) is 0 Å². The van der Waals surface area contributed by atoms with Crippen LogP contribution in [-0.4, -0.2) is 40.2 Å². The average molecular weight is 386 g/mol. The Hall–Kier alpha value is -1.24. The van der Waals surface area contributed by atoms with Crippen LogP contribution in [0.25, 0.3) is 0 Å². The predicted molar refractivity (Wildman–Crippen MR) is 99.0 cm³/mol. The molecule has 0 aromatic heterocycles. The van der Waals surface area contributed by atoms with E-state index >= 15 is 0 Å². The van der Waals surface area contributed by atoms with Gasteiger partial charge >= 0.3 is 0 Å². The molecule has 0 radical (unpaired) electrons. The van der Waals surface area contributed by atoms with Crippen molar-refractivity contribution in [1.82, 2.24) is 4.90 Å². The molecule has 5 nitrogen and oxygen atoms in total. The van der Waals surface area contributed by atoms with Crippen LogP contribution in [0.2, 0.25) is 10.0 Å². The van der Waals surface area contributed by atoms with Crippen molar-refractivity contribution in [2.24, 2.45) is 4.99 Å². The highest BCUT2D eigenvalue weighted by atomic mass is 35.5. The van der Waals surface area contributed by atoms with Gasteiger partial charge in [0, 0.05) is 25.2 Å². The fraction of sp³-hybridized carbons (Fsp3) is 0.438. The molecule has 0 saturated carbocycles. The van der Waals surface area contributed by atoms with E-state index in [9.17, 15) is 9.59 Å². The number of amidine groups is 1. The van der Waals surface area contributed by atoms with E-state index in [-0.39, 0.29) is 18.2 Å². The number of amides is 2. The van der Waals surface area contributed by atoms with Gasteiger partial charge in [-0.2, -0.15) is 4.99 Å². The molecule has 1 N–H and O–H groups in total. The highest BCUT2D eigenvalue weighted by Crippen LogP contribution is 2.29. The minimum Gasteiger partial charge on any atom is -0.351 e. The summed E-state index contributed by atoms with van der Waals surface area (Å²) in [4.78, 5) is 30.5. The summed E-state index contributed by atoms with van der Waals surface area (Å²) >= 11 is 13.2. The van der Waals surface area contributed by atoms with E-state index in [0.29, 0.717) is 15.7 Å². The van der Waals surface area contributed by atoms with Crippen molar-refractivity contribution >= 4 is 57.6 Å². The second kappa shape index (κ2) is 7.76. The van der Waals surface area contributed by atoms with Gasteiger partial charge in [-0.05, 0) is 37.5 Å². The number of nitrogens with one attached hydrogen (secondary N) is 1. The summed E-state index contributed by atoms with van der Waals surface area (Å²) in [6, 6.07) is 4.87. The van der Waals surface area contributed by atoms with Gasteiger partial charge in [-0.25, -0.2) is 0 Å². The Kier molecular flexibility index (Phi) is 5.69. The number of halogens is 2. The summed E-state index contributed by atoms with van der Waals surface area (Å²) in [5, 5.41) is 3.84. The van der Waals surface area contributed by atoms with Crippen LogP contribution in [0.15, 0.2) is 23.2 Å². The van der Waals surface area contributed by atoms with Crippen LogP contribution in [0.5, 0.6) is 0 Å². The first kappa shape index (κ1) is 17.6. The zero-order chi connectivity index (χ0) is 17.1. The van der Waals surface area contributed by atoms with Crippen LogP contribution in [0.3, 0.4) is 0 Å². The summed E-state index contributed by atoms with van der Waals surface area (Å²) < 4.78 is 0. The molecule has 3 rings (SSSR count). The predicted octanol–water partition coefficient (Wildman–Crippen LogP) is 3.81. The monoisotopic (exact) mass is 385 g/mol. The van der Waals surface area contributed by atoms with Gasteiger partial charge in [-0.15, -0.1) is 0 Å². The Morgan fingerprint density at radius 3 is 2.71 bits per heavy atom. The van der Waals surface area contributed by atoms with E-state index in [1.807, 2.05) is 0 Å². The Balaban J connectivity index is 1.55. The summed E-state index contributed by atoms with van der Waals surface area (Å²) in [7, 11) is 0. The molecule has 2 heterocycles. The van der Waals surface area contributed by atoms with Gasteiger partial charge in [0.2, 0.25) is 5.91 Å². The van der Waals surface area contributed by atoms with E-state index in [0.717, 1.165) is 31.1 Å². The number of likely N-dealkylation sites (tertiary alicyclic amines) is 1. The molecule has 2 aliphatic rings. The molecule has 128 valence electrons. The van der Waals surface area contributed by atoms with Gasteiger partial charge in [-0.3, -0.25) is 9.59 Å². The molecule has 2 aliphatic heterocycles. The zero-order valence-corrected chi connectivity index (χ0v) is 15.3. The molecule has 24 heavy (non-hydrogen) atoms. The summed E-state index contributed by atoms with van der Waals surface area (Å²) in [5.41, 5.74) is 0.557. The normalized spacial score (nSPS) is 20.9. The maximum Gasteiger partial charge on any atom is 0.262 e. The molecule has 2 amide bonds. The third-order valence-corrected chi connectivity index (χ3v) is 5.88. The van der Waals surface area contributed by atoms with E-state index in [1.54, 1.807) is 18.2 Å². The lowest BCUT2D eigenvalue weighted by Crippen LogP contribution is -2.33. The topological polar surface area (TPSA) is 61.8 Å². The maximum absolute atomic E-state index is 12.2. The second-order valence-corrected chi connectivity index (χ2v) is 7.75. The third kappa shape index (κ3) is 4.23. The standard InChI is InChI=1S/C16H17Cl2N3O2S/c17-11-5-4-10(8-12(11)18)19-14(22)9-13-15(23)20-16(24-13)21-6-2-1-3-7-21/h4-5,8,13H,1-3,6-7,9H2,(H,19,22). The van der Waals surface area contributed by atoms with Crippen molar-refractivity contribution in [2.75, 3.05) is 18.4 Å². The molecule has 1 atom stereocenters. The molecule has 8 heteroatoms. The number of aliphatic imine (C=N–C) groups is 1. The molecule has 1 fully saturated rings. The molecule has 1 aromatic rings. The lowest BCUT2D eigenvalue weighted by Gasteiger charge is -2.27.